The number of carbonyl (C=O) groups is 1. The molecule has 1 unspecified atom stereocenters. The van der Waals surface area contributed by atoms with Crippen molar-refractivity contribution in [1.82, 2.24) is 4.90 Å². The van der Waals surface area contributed by atoms with Crippen LogP contribution in [-0.4, -0.2) is 22.0 Å². The van der Waals surface area contributed by atoms with Crippen molar-refractivity contribution in [2.24, 2.45) is 0 Å². The van der Waals surface area contributed by atoms with Crippen molar-refractivity contribution in [1.29, 1.82) is 0 Å². The molecule has 0 aromatic carbocycles. The third-order valence-corrected chi connectivity index (χ3v) is 4.87. The van der Waals surface area contributed by atoms with Crippen LogP contribution in [0.15, 0.2) is 40.3 Å². The molecule has 3 nitrogen and oxygen atoms in total. The molecule has 1 aliphatic carbocycles. The molecule has 1 aromatic heterocycles. The van der Waals surface area contributed by atoms with Crippen molar-refractivity contribution >= 4 is 28.8 Å². The number of aliphatic hydroxyl groups is 1. The number of carbonyl (C=O) groups excluding carboxylic acids is 1. The van der Waals surface area contributed by atoms with E-state index in [1.54, 1.807) is 11.0 Å². The van der Waals surface area contributed by atoms with Gasteiger partial charge in [-0.05, 0) is 38.5 Å². The number of amides is 1. The molecule has 0 spiro atoms. The molecule has 0 saturated carbocycles. The summed E-state index contributed by atoms with van der Waals surface area (Å²) in [5, 5.41) is 9.97. The van der Waals surface area contributed by atoms with Gasteiger partial charge in [0.2, 0.25) is 0 Å². The van der Waals surface area contributed by atoms with E-state index in [2.05, 4.69) is 6.08 Å². The van der Waals surface area contributed by atoms with Crippen molar-refractivity contribution < 1.29 is 9.90 Å². The van der Waals surface area contributed by atoms with E-state index in [0.29, 0.717) is 21.9 Å². The van der Waals surface area contributed by atoms with E-state index in [1.165, 1.54) is 11.3 Å². The van der Waals surface area contributed by atoms with Crippen LogP contribution in [0.25, 0.3) is 0 Å². The molecule has 0 saturated heterocycles. The summed E-state index contributed by atoms with van der Waals surface area (Å²) < 4.78 is 0. The molecule has 0 bridgehead atoms. The van der Waals surface area contributed by atoms with E-state index >= 15 is 0 Å². The van der Waals surface area contributed by atoms with Crippen molar-refractivity contribution in [3.8, 4) is 0 Å². The largest absolute Gasteiger partial charge is 0.507 e. The maximum atomic E-state index is 12.6. The number of allylic oxidation sites excluding steroid dienone is 2. The molecule has 1 atom stereocenters. The van der Waals surface area contributed by atoms with Crippen LogP contribution in [0.2, 0.25) is 0 Å². The highest BCUT2D eigenvalue weighted by Gasteiger charge is 2.37. The maximum Gasteiger partial charge on any atom is 0.268 e. The van der Waals surface area contributed by atoms with Crippen molar-refractivity contribution in [2.45, 2.75) is 26.3 Å². The van der Waals surface area contributed by atoms with E-state index in [1.807, 2.05) is 26.0 Å². The van der Waals surface area contributed by atoms with Crippen molar-refractivity contribution in [3.05, 3.63) is 56.1 Å². The predicted molar refractivity (Wildman–Crippen MR) is 79.7 cm³/mol. The van der Waals surface area contributed by atoms with E-state index in [4.69, 9.17) is 11.6 Å². The van der Waals surface area contributed by atoms with Crippen molar-refractivity contribution in [2.75, 3.05) is 0 Å². The highest BCUT2D eigenvalue weighted by Crippen LogP contribution is 2.38. The topological polar surface area (TPSA) is 40.5 Å². The number of hydrogen-bond donors (Lipinski definition) is 1. The summed E-state index contributed by atoms with van der Waals surface area (Å²) in [7, 11) is 0. The lowest BCUT2D eigenvalue weighted by molar-refractivity contribution is 0.0785. The second-order valence-corrected chi connectivity index (χ2v) is 6.53. The van der Waals surface area contributed by atoms with Gasteiger partial charge in [-0.1, -0.05) is 11.6 Å². The first-order chi connectivity index (χ1) is 9.49. The van der Waals surface area contributed by atoms with Gasteiger partial charge in [-0.3, -0.25) is 4.79 Å². The van der Waals surface area contributed by atoms with Gasteiger partial charge in [-0.2, -0.15) is 0 Å². The van der Waals surface area contributed by atoms with Gasteiger partial charge in [0.25, 0.3) is 5.91 Å². The molecule has 2 aliphatic rings. The Morgan fingerprint density at radius 2 is 2.25 bits per heavy atom. The highest BCUT2D eigenvalue weighted by molar-refractivity contribution is 7.13. The molecule has 1 radical (unpaired) electrons. The lowest BCUT2D eigenvalue weighted by atomic mass is 9.99. The quantitative estimate of drug-likeness (QED) is 0.854. The number of hydrogen-bond acceptors (Lipinski definition) is 3. The summed E-state index contributed by atoms with van der Waals surface area (Å²) in [5.74, 6) is 0.0341. The predicted octanol–water partition coefficient (Wildman–Crippen LogP) is 3.93. The SMILES string of the molecule is CC1=[C]C2=C(Cl)C(O)=CCC2N1C(=O)c1ccc(C)s1. The Morgan fingerprint density at radius 3 is 2.90 bits per heavy atom. The molecule has 1 amide bonds. The average molecular weight is 307 g/mol. The van der Waals surface area contributed by atoms with E-state index in [0.717, 1.165) is 10.6 Å². The number of thiophene rings is 1. The van der Waals surface area contributed by atoms with E-state index in [-0.39, 0.29) is 17.7 Å². The first-order valence-corrected chi connectivity index (χ1v) is 7.48. The summed E-state index contributed by atoms with van der Waals surface area (Å²) in [5.41, 5.74) is 1.44. The zero-order valence-electron chi connectivity index (χ0n) is 11.1. The summed E-state index contributed by atoms with van der Waals surface area (Å²) in [4.78, 5) is 16.2. The van der Waals surface area contributed by atoms with Gasteiger partial charge in [0.1, 0.15) is 5.76 Å². The zero-order chi connectivity index (χ0) is 14.4. The molecule has 0 fully saturated rings. The summed E-state index contributed by atoms with van der Waals surface area (Å²) in [6.45, 7) is 3.81. The first-order valence-electron chi connectivity index (χ1n) is 6.28. The van der Waals surface area contributed by atoms with Crippen LogP contribution in [-0.2, 0) is 0 Å². The normalized spacial score (nSPS) is 21.8. The number of fused-ring (bicyclic) bond motifs is 1. The van der Waals surface area contributed by atoms with Crippen LogP contribution < -0.4 is 0 Å². The molecule has 20 heavy (non-hydrogen) atoms. The van der Waals surface area contributed by atoms with Crippen LogP contribution in [0.4, 0.5) is 0 Å². The molecule has 1 N–H and O–H groups in total. The number of aryl methyl sites for hydroxylation is 1. The highest BCUT2D eigenvalue weighted by atomic mass is 35.5. The number of nitrogens with zero attached hydrogens (tertiary/aromatic N) is 1. The summed E-state index contributed by atoms with van der Waals surface area (Å²) >= 11 is 7.58. The molecule has 1 aliphatic heterocycles. The second-order valence-electron chi connectivity index (χ2n) is 4.86. The maximum absolute atomic E-state index is 12.6. The molecule has 2 heterocycles. The van der Waals surface area contributed by atoms with Crippen LogP contribution in [0, 0.1) is 13.0 Å². The number of rotatable bonds is 1. The van der Waals surface area contributed by atoms with Gasteiger partial charge < -0.3 is 10.0 Å². The number of aliphatic hydroxyl groups excluding tert-OH is 1. The Bertz CT molecular complexity index is 684. The lowest BCUT2D eigenvalue weighted by Gasteiger charge is -2.28. The van der Waals surface area contributed by atoms with Crippen LogP contribution in [0.5, 0.6) is 0 Å². The van der Waals surface area contributed by atoms with Crippen LogP contribution >= 0.6 is 22.9 Å². The standard InChI is InChI=1S/C15H13ClNO2S/c1-8-7-10-11(4-5-12(18)14(10)16)17(8)15(19)13-6-3-9(2)20-13/h3,5-6,11,18H,4H2,1-2H3. The third-order valence-electron chi connectivity index (χ3n) is 3.49. The Kier molecular flexibility index (Phi) is 3.22. The van der Waals surface area contributed by atoms with Gasteiger partial charge in [-0.15, -0.1) is 11.3 Å². The monoisotopic (exact) mass is 306 g/mol. The molecule has 5 heteroatoms. The Hall–Kier alpha value is -1.52. The Balaban J connectivity index is 1.97. The minimum atomic E-state index is -0.159. The third kappa shape index (κ3) is 2.00. The Morgan fingerprint density at radius 1 is 1.50 bits per heavy atom. The van der Waals surface area contributed by atoms with Gasteiger partial charge in [-0.25, -0.2) is 0 Å². The zero-order valence-corrected chi connectivity index (χ0v) is 12.7. The van der Waals surface area contributed by atoms with E-state index < -0.39 is 0 Å². The molecular weight excluding hydrogens is 294 g/mol. The fourth-order valence-electron chi connectivity index (χ4n) is 2.54. The van der Waals surface area contributed by atoms with Crippen LogP contribution in [0.1, 0.15) is 27.9 Å². The summed E-state index contributed by atoms with van der Waals surface area (Å²) in [6, 6.07) is 3.62. The smallest absolute Gasteiger partial charge is 0.268 e. The number of halogens is 1. The minimum Gasteiger partial charge on any atom is -0.507 e. The van der Waals surface area contributed by atoms with Gasteiger partial charge in [0.05, 0.1) is 16.0 Å². The van der Waals surface area contributed by atoms with E-state index in [9.17, 15) is 9.90 Å². The summed E-state index contributed by atoms with van der Waals surface area (Å²) in [6.07, 6.45) is 5.32. The fourth-order valence-corrected chi connectivity index (χ4v) is 3.59. The van der Waals surface area contributed by atoms with Crippen molar-refractivity contribution in [3.63, 3.8) is 0 Å². The van der Waals surface area contributed by atoms with Crippen LogP contribution in [0.3, 0.4) is 0 Å². The molecule has 1 aromatic rings. The lowest BCUT2D eigenvalue weighted by Crippen LogP contribution is -2.36. The fraction of sp³-hybridized carbons (Fsp3) is 0.267. The average Bonchev–Trinajstić information content (AvgIpc) is 2.97. The Labute approximate surface area is 126 Å². The first kappa shape index (κ1) is 13.5. The van der Waals surface area contributed by atoms with Gasteiger partial charge >= 0.3 is 0 Å². The molecular formula is C15H13ClNO2S. The van der Waals surface area contributed by atoms with Gasteiger partial charge in [0.15, 0.2) is 0 Å². The minimum absolute atomic E-state index is 0.0349. The molecule has 103 valence electrons. The van der Waals surface area contributed by atoms with Gasteiger partial charge in [0, 0.05) is 22.2 Å². The second kappa shape index (κ2) is 4.79. The molecule has 3 rings (SSSR count).